The molecule has 1 unspecified atom stereocenters. The summed E-state index contributed by atoms with van der Waals surface area (Å²) in [5.41, 5.74) is 4.69. The molecular weight excluding hydrogens is 384 g/mol. The number of urea groups is 1. The fourth-order valence-electron chi connectivity index (χ4n) is 5.21. The number of hydrogen-bond donors (Lipinski definition) is 2. The molecule has 0 spiro atoms. The average Bonchev–Trinajstić information content (AvgIpc) is 3.23. The van der Waals surface area contributed by atoms with Crippen LogP contribution in [0.5, 0.6) is 0 Å². The van der Waals surface area contributed by atoms with Gasteiger partial charge in [0.15, 0.2) is 0 Å². The van der Waals surface area contributed by atoms with E-state index in [2.05, 4.69) is 52.1 Å². The third-order valence-electron chi connectivity index (χ3n) is 6.85. The van der Waals surface area contributed by atoms with Crippen LogP contribution in [-0.2, 0) is 0 Å². The smallest absolute Gasteiger partial charge is 0.323 e. The van der Waals surface area contributed by atoms with Crippen molar-refractivity contribution in [2.45, 2.75) is 44.7 Å². The Morgan fingerprint density at radius 3 is 2.74 bits per heavy atom. The van der Waals surface area contributed by atoms with Gasteiger partial charge < -0.3 is 15.2 Å². The van der Waals surface area contributed by atoms with Crippen molar-refractivity contribution in [3.8, 4) is 0 Å². The van der Waals surface area contributed by atoms with Crippen LogP contribution in [0.2, 0.25) is 0 Å². The zero-order chi connectivity index (χ0) is 21.2. The van der Waals surface area contributed by atoms with Gasteiger partial charge in [-0.2, -0.15) is 0 Å². The highest BCUT2D eigenvalue weighted by Crippen LogP contribution is 2.35. The first-order chi connectivity index (χ1) is 15.2. The van der Waals surface area contributed by atoms with Crippen LogP contribution in [0.3, 0.4) is 0 Å². The van der Waals surface area contributed by atoms with E-state index in [1.807, 2.05) is 36.1 Å². The number of amides is 2. The summed E-state index contributed by atoms with van der Waals surface area (Å²) in [4.78, 5) is 21.1. The first-order valence-corrected chi connectivity index (χ1v) is 11.4. The molecule has 5 rings (SSSR count). The SMILES string of the molecule is Cc1cccc(NC(=O)N2CC[CH]CC2N2CCC(c3c[nH]c4ccccc34)CC2)c1. The van der Waals surface area contributed by atoms with Gasteiger partial charge in [-0.1, -0.05) is 30.3 Å². The first kappa shape index (κ1) is 20.1. The molecular formula is C26H31N4O. The zero-order valence-electron chi connectivity index (χ0n) is 18.2. The summed E-state index contributed by atoms with van der Waals surface area (Å²) in [6.07, 6.45) is 8.86. The molecule has 1 aromatic heterocycles. The van der Waals surface area contributed by atoms with E-state index in [1.54, 1.807) is 0 Å². The van der Waals surface area contributed by atoms with E-state index in [-0.39, 0.29) is 12.2 Å². The molecule has 31 heavy (non-hydrogen) atoms. The van der Waals surface area contributed by atoms with E-state index in [9.17, 15) is 4.79 Å². The van der Waals surface area contributed by atoms with Crippen molar-refractivity contribution in [3.63, 3.8) is 0 Å². The Bertz CT molecular complexity index is 1050. The number of fused-ring (bicyclic) bond motifs is 1. The maximum atomic E-state index is 13.1. The minimum atomic E-state index is 0.0162. The van der Waals surface area contributed by atoms with Crippen LogP contribution in [0.15, 0.2) is 54.7 Å². The monoisotopic (exact) mass is 415 g/mol. The molecule has 2 fully saturated rings. The number of aromatic amines is 1. The van der Waals surface area contributed by atoms with Gasteiger partial charge in [-0.15, -0.1) is 0 Å². The lowest BCUT2D eigenvalue weighted by Gasteiger charge is -2.45. The maximum absolute atomic E-state index is 13.1. The van der Waals surface area contributed by atoms with Crippen LogP contribution in [0.4, 0.5) is 10.5 Å². The Morgan fingerprint density at radius 2 is 1.90 bits per heavy atom. The van der Waals surface area contributed by atoms with Gasteiger partial charge in [-0.25, -0.2) is 4.79 Å². The molecule has 2 aromatic carbocycles. The number of likely N-dealkylation sites (tertiary alicyclic amines) is 2. The molecule has 5 nitrogen and oxygen atoms in total. The average molecular weight is 416 g/mol. The van der Waals surface area contributed by atoms with Crippen LogP contribution in [0, 0.1) is 13.3 Å². The van der Waals surface area contributed by atoms with Crippen LogP contribution in [0.25, 0.3) is 10.9 Å². The van der Waals surface area contributed by atoms with E-state index in [1.165, 1.54) is 16.5 Å². The van der Waals surface area contributed by atoms with Crippen molar-refractivity contribution >= 4 is 22.6 Å². The zero-order valence-corrected chi connectivity index (χ0v) is 18.2. The highest BCUT2D eigenvalue weighted by Gasteiger charge is 2.34. The standard InChI is InChI=1S/C26H31N4O/c1-19-7-6-8-21(17-19)28-26(31)30-14-5-4-11-25(30)29-15-12-20(13-16-29)23-18-27-24-10-3-2-9-22(23)24/h2-4,6-10,17-18,20,25,27H,5,11-16H2,1H3,(H,28,31). The fraction of sp³-hybridized carbons (Fsp3) is 0.385. The van der Waals surface area contributed by atoms with Gasteiger partial charge in [-0.3, -0.25) is 4.90 Å². The highest BCUT2D eigenvalue weighted by molar-refractivity contribution is 5.89. The number of carbonyl (C=O) groups excluding carboxylic acids is 1. The number of anilines is 1. The molecule has 2 saturated heterocycles. The maximum Gasteiger partial charge on any atom is 0.323 e. The van der Waals surface area contributed by atoms with Gasteiger partial charge in [0, 0.05) is 42.4 Å². The quantitative estimate of drug-likeness (QED) is 0.592. The van der Waals surface area contributed by atoms with Crippen LogP contribution in [0.1, 0.15) is 42.7 Å². The molecule has 0 aliphatic carbocycles. The van der Waals surface area contributed by atoms with Crippen molar-refractivity contribution < 1.29 is 4.79 Å². The molecule has 1 atom stereocenters. The van der Waals surface area contributed by atoms with Crippen molar-refractivity contribution in [1.82, 2.24) is 14.8 Å². The van der Waals surface area contributed by atoms with E-state index >= 15 is 0 Å². The van der Waals surface area contributed by atoms with E-state index in [0.29, 0.717) is 5.92 Å². The largest absolute Gasteiger partial charge is 0.361 e. The number of piperidine rings is 2. The van der Waals surface area contributed by atoms with E-state index in [0.717, 1.165) is 56.6 Å². The lowest BCUT2D eigenvalue weighted by atomic mass is 9.88. The minimum absolute atomic E-state index is 0.0162. The summed E-state index contributed by atoms with van der Waals surface area (Å²) in [5, 5.41) is 4.47. The first-order valence-electron chi connectivity index (χ1n) is 11.4. The van der Waals surface area contributed by atoms with Gasteiger partial charge in [0.2, 0.25) is 0 Å². The summed E-state index contributed by atoms with van der Waals surface area (Å²) >= 11 is 0. The summed E-state index contributed by atoms with van der Waals surface area (Å²) in [5.74, 6) is 0.578. The number of hydrogen-bond acceptors (Lipinski definition) is 2. The summed E-state index contributed by atoms with van der Waals surface area (Å²) in [6, 6.07) is 16.6. The molecule has 3 heterocycles. The second-order valence-corrected chi connectivity index (χ2v) is 8.89. The number of para-hydroxylation sites is 1. The molecule has 1 radical (unpaired) electrons. The molecule has 2 aliphatic rings. The Kier molecular flexibility index (Phi) is 5.68. The Balaban J connectivity index is 1.25. The number of nitrogens with zero attached hydrogens (tertiary/aromatic N) is 2. The second kappa shape index (κ2) is 8.75. The number of benzene rings is 2. The number of rotatable bonds is 3. The predicted octanol–water partition coefficient (Wildman–Crippen LogP) is 5.51. The van der Waals surface area contributed by atoms with Crippen molar-refractivity contribution in [2.75, 3.05) is 25.0 Å². The molecule has 2 aliphatic heterocycles. The number of aromatic nitrogens is 1. The summed E-state index contributed by atoms with van der Waals surface area (Å²) in [7, 11) is 0. The van der Waals surface area contributed by atoms with E-state index < -0.39 is 0 Å². The number of nitrogens with one attached hydrogen (secondary N) is 2. The van der Waals surface area contributed by atoms with Crippen LogP contribution in [-0.4, -0.2) is 46.6 Å². The summed E-state index contributed by atoms with van der Waals surface area (Å²) in [6.45, 7) is 4.88. The Morgan fingerprint density at radius 1 is 1.06 bits per heavy atom. The molecule has 161 valence electrons. The number of H-pyrrole nitrogens is 1. The van der Waals surface area contributed by atoms with Crippen molar-refractivity contribution in [3.05, 3.63) is 72.3 Å². The van der Waals surface area contributed by atoms with Crippen LogP contribution >= 0.6 is 0 Å². The van der Waals surface area contributed by atoms with E-state index in [4.69, 9.17) is 0 Å². The second-order valence-electron chi connectivity index (χ2n) is 8.89. The predicted molar refractivity (Wildman–Crippen MR) is 126 cm³/mol. The molecule has 5 heteroatoms. The molecule has 2 N–H and O–H groups in total. The topological polar surface area (TPSA) is 51.4 Å². The molecule has 0 bridgehead atoms. The highest BCUT2D eigenvalue weighted by atomic mass is 16.2. The normalized spacial score (nSPS) is 20.8. The van der Waals surface area contributed by atoms with Gasteiger partial charge in [0.05, 0.1) is 6.17 Å². The molecule has 2 amide bonds. The third-order valence-corrected chi connectivity index (χ3v) is 6.85. The Hall–Kier alpha value is -2.79. The lowest BCUT2D eigenvalue weighted by Crippen LogP contribution is -2.56. The molecule has 3 aromatic rings. The summed E-state index contributed by atoms with van der Waals surface area (Å²) < 4.78 is 0. The fourth-order valence-corrected chi connectivity index (χ4v) is 5.21. The van der Waals surface area contributed by atoms with Crippen molar-refractivity contribution in [1.29, 1.82) is 0 Å². The van der Waals surface area contributed by atoms with Crippen molar-refractivity contribution in [2.24, 2.45) is 0 Å². The van der Waals surface area contributed by atoms with Crippen LogP contribution < -0.4 is 5.32 Å². The van der Waals surface area contributed by atoms with Gasteiger partial charge in [-0.05, 0) is 74.3 Å². The number of aryl methyl sites for hydroxylation is 1. The third kappa shape index (κ3) is 4.19. The Labute approximate surface area is 184 Å². The lowest BCUT2D eigenvalue weighted by molar-refractivity contribution is 0.0394. The molecule has 0 saturated carbocycles. The number of carbonyl (C=O) groups is 1. The van der Waals surface area contributed by atoms with Gasteiger partial charge in [0.1, 0.15) is 0 Å². The minimum Gasteiger partial charge on any atom is -0.361 e. The van der Waals surface area contributed by atoms with Gasteiger partial charge >= 0.3 is 6.03 Å². The van der Waals surface area contributed by atoms with Gasteiger partial charge in [0.25, 0.3) is 0 Å².